The SMILES string of the molecule is O=C1C(=O)N(c2ccc(Cl)cc2)C(c2cccnc2)/C1=C(/O)c1ccc2c(c1)CCCC2. The van der Waals surface area contributed by atoms with Crippen LogP contribution in [0.5, 0.6) is 0 Å². The third kappa shape index (κ3) is 3.49. The van der Waals surface area contributed by atoms with Crippen LogP contribution >= 0.6 is 11.6 Å². The first kappa shape index (κ1) is 20.5. The summed E-state index contributed by atoms with van der Waals surface area (Å²) < 4.78 is 0. The summed E-state index contributed by atoms with van der Waals surface area (Å²) in [5.74, 6) is -1.58. The van der Waals surface area contributed by atoms with Gasteiger partial charge in [0.05, 0.1) is 11.6 Å². The van der Waals surface area contributed by atoms with Crippen LogP contribution in [-0.2, 0) is 22.4 Å². The Balaban J connectivity index is 1.68. The van der Waals surface area contributed by atoms with Gasteiger partial charge in [-0.2, -0.15) is 0 Å². The van der Waals surface area contributed by atoms with Gasteiger partial charge in [0.15, 0.2) is 0 Å². The number of carbonyl (C=O) groups excluding carboxylic acids is 2. The van der Waals surface area contributed by atoms with Crippen LogP contribution in [0.3, 0.4) is 0 Å². The summed E-state index contributed by atoms with van der Waals surface area (Å²) in [5.41, 5.74) is 4.24. The van der Waals surface area contributed by atoms with Gasteiger partial charge in [0, 0.05) is 28.7 Å². The molecule has 2 aliphatic rings. The van der Waals surface area contributed by atoms with Crippen LogP contribution in [-0.4, -0.2) is 21.8 Å². The summed E-state index contributed by atoms with van der Waals surface area (Å²) in [7, 11) is 0. The molecular weight excluding hydrogens is 424 g/mol. The van der Waals surface area contributed by atoms with Gasteiger partial charge >= 0.3 is 0 Å². The minimum Gasteiger partial charge on any atom is -0.507 e. The van der Waals surface area contributed by atoms with E-state index in [-0.39, 0.29) is 11.3 Å². The molecule has 5 rings (SSSR count). The number of amides is 1. The topological polar surface area (TPSA) is 70.5 Å². The van der Waals surface area contributed by atoms with Gasteiger partial charge < -0.3 is 5.11 Å². The van der Waals surface area contributed by atoms with E-state index in [2.05, 4.69) is 4.98 Å². The number of pyridine rings is 1. The number of fused-ring (bicyclic) bond motifs is 1. The zero-order valence-electron chi connectivity index (χ0n) is 17.3. The number of anilines is 1. The molecule has 1 aromatic heterocycles. The first-order chi connectivity index (χ1) is 15.5. The number of hydrogen-bond acceptors (Lipinski definition) is 4. The lowest BCUT2D eigenvalue weighted by Crippen LogP contribution is -2.29. The molecule has 1 N–H and O–H groups in total. The van der Waals surface area contributed by atoms with Crippen molar-refractivity contribution < 1.29 is 14.7 Å². The Morgan fingerprint density at radius 1 is 1.00 bits per heavy atom. The number of nitrogens with zero attached hydrogens (tertiary/aromatic N) is 2. The summed E-state index contributed by atoms with van der Waals surface area (Å²) in [6, 6.07) is 15.3. The molecule has 2 aromatic carbocycles. The molecule has 1 atom stereocenters. The summed E-state index contributed by atoms with van der Waals surface area (Å²) in [4.78, 5) is 31.9. The Bertz CT molecular complexity index is 1240. The van der Waals surface area contributed by atoms with E-state index in [1.54, 1.807) is 48.8 Å². The van der Waals surface area contributed by atoms with Crippen molar-refractivity contribution >= 4 is 34.7 Å². The number of aromatic nitrogens is 1. The highest BCUT2D eigenvalue weighted by atomic mass is 35.5. The Kier molecular flexibility index (Phi) is 5.27. The van der Waals surface area contributed by atoms with Crippen molar-refractivity contribution in [3.05, 3.63) is 99.8 Å². The van der Waals surface area contributed by atoms with Crippen LogP contribution in [0.25, 0.3) is 5.76 Å². The molecule has 0 radical (unpaired) electrons. The lowest BCUT2D eigenvalue weighted by atomic mass is 9.89. The average Bonchev–Trinajstić information content (AvgIpc) is 3.10. The molecule has 32 heavy (non-hydrogen) atoms. The standard InChI is InChI=1S/C26H21ClN2O3/c27-20-9-11-21(12-10-20)29-23(19-6-3-13-28-15-19)22(25(31)26(29)32)24(30)18-8-7-16-4-1-2-5-17(16)14-18/h3,6-15,23,30H,1-2,4-5H2/b24-22-. The van der Waals surface area contributed by atoms with Crippen LogP contribution in [0.15, 0.2) is 72.6 Å². The lowest BCUT2D eigenvalue weighted by molar-refractivity contribution is -0.132. The number of carbonyl (C=O) groups is 2. The molecule has 2 heterocycles. The van der Waals surface area contributed by atoms with Crippen molar-refractivity contribution in [1.29, 1.82) is 0 Å². The maximum atomic E-state index is 13.2. The van der Waals surface area contributed by atoms with E-state index < -0.39 is 17.7 Å². The van der Waals surface area contributed by atoms with E-state index in [1.165, 1.54) is 16.0 Å². The second-order valence-corrected chi connectivity index (χ2v) is 8.56. The zero-order valence-corrected chi connectivity index (χ0v) is 18.0. The van der Waals surface area contributed by atoms with Crippen molar-refractivity contribution in [2.75, 3.05) is 4.90 Å². The van der Waals surface area contributed by atoms with E-state index in [0.717, 1.165) is 25.7 Å². The number of Topliss-reactive ketones (excluding diaryl/α,β-unsaturated/α-hetero) is 1. The molecule has 1 fully saturated rings. The van der Waals surface area contributed by atoms with Gasteiger partial charge in [0.2, 0.25) is 0 Å². The van der Waals surface area contributed by atoms with Gasteiger partial charge in [-0.15, -0.1) is 0 Å². The molecular formula is C26H21ClN2O3. The van der Waals surface area contributed by atoms with Gasteiger partial charge in [-0.3, -0.25) is 19.5 Å². The predicted molar refractivity (Wildman–Crippen MR) is 124 cm³/mol. The van der Waals surface area contributed by atoms with Gasteiger partial charge in [0.1, 0.15) is 5.76 Å². The molecule has 1 aliphatic heterocycles. The summed E-state index contributed by atoms with van der Waals surface area (Å²) in [5, 5.41) is 11.8. The fourth-order valence-corrected chi connectivity index (χ4v) is 4.72. The number of aliphatic hydroxyl groups is 1. The van der Waals surface area contributed by atoms with Crippen LogP contribution in [0.2, 0.25) is 5.02 Å². The number of halogens is 1. The summed E-state index contributed by atoms with van der Waals surface area (Å²) in [6.45, 7) is 0. The highest BCUT2D eigenvalue weighted by molar-refractivity contribution is 6.51. The van der Waals surface area contributed by atoms with Gasteiger partial charge in [-0.05, 0) is 78.8 Å². The Morgan fingerprint density at radius 2 is 1.75 bits per heavy atom. The zero-order chi connectivity index (χ0) is 22.2. The maximum absolute atomic E-state index is 13.2. The Hall–Kier alpha value is -3.44. The maximum Gasteiger partial charge on any atom is 0.300 e. The first-order valence-corrected chi connectivity index (χ1v) is 11.0. The van der Waals surface area contributed by atoms with Crippen LogP contribution in [0.1, 0.15) is 41.1 Å². The Morgan fingerprint density at radius 3 is 2.47 bits per heavy atom. The van der Waals surface area contributed by atoms with Crippen molar-refractivity contribution in [2.45, 2.75) is 31.7 Å². The fraction of sp³-hybridized carbons (Fsp3) is 0.192. The normalized spacial score (nSPS) is 19.8. The molecule has 1 unspecified atom stereocenters. The van der Waals surface area contributed by atoms with Crippen molar-refractivity contribution in [3.63, 3.8) is 0 Å². The van der Waals surface area contributed by atoms with Crippen molar-refractivity contribution in [3.8, 4) is 0 Å². The molecule has 0 spiro atoms. The van der Waals surface area contributed by atoms with Crippen LogP contribution < -0.4 is 4.90 Å². The summed E-state index contributed by atoms with van der Waals surface area (Å²) >= 11 is 6.02. The highest BCUT2D eigenvalue weighted by Crippen LogP contribution is 2.42. The minimum absolute atomic E-state index is 0.0636. The molecule has 1 saturated heterocycles. The predicted octanol–water partition coefficient (Wildman–Crippen LogP) is 5.24. The monoisotopic (exact) mass is 444 g/mol. The van der Waals surface area contributed by atoms with E-state index >= 15 is 0 Å². The highest BCUT2D eigenvalue weighted by Gasteiger charge is 2.47. The Labute approximate surface area is 191 Å². The van der Waals surface area contributed by atoms with Gasteiger partial charge in [-0.1, -0.05) is 29.8 Å². The molecule has 3 aromatic rings. The van der Waals surface area contributed by atoms with Crippen molar-refractivity contribution in [1.82, 2.24) is 4.98 Å². The molecule has 6 heteroatoms. The third-order valence-corrected chi connectivity index (χ3v) is 6.42. The molecule has 160 valence electrons. The number of ketones is 1. The lowest BCUT2D eigenvalue weighted by Gasteiger charge is -2.25. The minimum atomic E-state index is -0.791. The van der Waals surface area contributed by atoms with Crippen LogP contribution in [0, 0.1) is 0 Å². The second-order valence-electron chi connectivity index (χ2n) is 8.12. The molecule has 0 saturated carbocycles. The van der Waals surface area contributed by atoms with E-state index in [4.69, 9.17) is 11.6 Å². The quantitative estimate of drug-likeness (QED) is 0.340. The van der Waals surface area contributed by atoms with Crippen molar-refractivity contribution in [2.24, 2.45) is 0 Å². The first-order valence-electron chi connectivity index (χ1n) is 10.6. The largest absolute Gasteiger partial charge is 0.507 e. The van der Waals surface area contributed by atoms with Gasteiger partial charge in [0.25, 0.3) is 11.7 Å². The van der Waals surface area contributed by atoms with E-state index in [9.17, 15) is 14.7 Å². The van der Waals surface area contributed by atoms with E-state index in [1.807, 2.05) is 18.2 Å². The molecule has 0 bridgehead atoms. The molecule has 1 amide bonds. The van der Waals surface area contributed by atoms with Gasteiger partial charge in [-0.25, -0.2) is 0 Å². The number of benzene rings is 2. The second kappa shape index (κ2) is 8.24. The number of hydrogen-bond donors (Lipinski definition) is 1. The number of aliphatic hydroxyl groups excluding tert-OH is 1. The number of aryl methyl sites for hydroxylation is 2. The third-order valence-electron chi connectivity index (χ3n) is 6.17. The average molecular weight is 445 g/mol. The fourth-order valence-electron chi connectivity index (χ4n) is 4.59. The molecule has 1 aliphatic carbocycles. The summed E-state index contributed by atoms with van der Waals surface area (Å²) in [6.07, 6.45) is 7.47. The number of rotatable bonds is 3. The molecule has 5 nitrogen and oxygen atoms in total. The van der Waals surface area contributed by atoms with Crippen LogP contribution in [0.4, 0.5) is 5.69 Å². The van der Waals surface area contributed by atoms with E-state index in [0.29, 0.717) is 21.8 Å². The smallest absolute Gasteiger partial charge is 0.300 e.